The SMILES string of the molecule is C=C/C=C(\C=C)CCN1CCC(NC=O)C1. The molecule has 0 aromatic heterocycles. The summed E-state index contributed by atoms with van der Waals surface area (Å²) < 4.78 is 0. The molecule has 3 heteroatoms. The molecule has 1 rings (SSSR count). The van der Waals surface area contributed by atoms with Crippen molar-refractivity contribution in [3.63, 3.8) is 0 Å². The number of carbonyl (C=O) groups is 1. The van der Waals surface area contributed by atoms with Gasteiger partial charge in [-0.3, -0.25) is 4.79 Å². The second kappa shape index (κ2) is 7.01. The summed E-state index contributed by atoms with van der Waals surface area (Å²) in [6.07, 6.45) is 8.48. The Bertz CT molecular complexity index is 284. The first-order chi connectivity index (χ1) is 7.80. The van der Waals surface area contributed by atoms with E-state index in [2.05, 4.69) is 23.4 Å². The number of amides is 1. The molecule has 3 nitrogen and oxygen atoms in total. The van der Waals surface area contributed by atoms with Crippen molar-refractivity contribution in [2.75, 3.05) is 19.6 Å². The minimum Gasteiger partial charge on any atom is -0.355 e. The van der Waals surface area contributed by atoms with E-state index in [1.165, 1.54) is 5.57 Å². The lowest BCUT2D eigenvalue weighted by Gasteiger charge is -2.15. The van der Waals surface area contributed by atoms with E-state index in [1.807, 2.05) is 12.2 Å². The maximum absolute atomic E-state index is 10.3. The van der Waals surface area contributed by atoms with Crippen molar-refractivity contribution in [2.24, 2.45) is 0 Å². The highest BCUT2D eigenvalue weighted by Crippen LogP contribution is 2.11. The molecule has 1 atom stereocenters. The number of carbonyl (C=O) groups excluding carboxylic acids is 1. The third-order valence-electron chi connectivity index (χ3n) is 2.89. The fraction of sp³-hybridized carbons (Fsp3) is 0.462. The first kappa shape index (κ1) is 12.7. The number of nitrogens with zero attached hydrogens (tertiary/aromatic N) is 1. The predicted octanol–water partition coefficient (Wildman–Crippen LogP) is 1.50. The Morgan fingerprint density at radius 2 is 2.31 bits per heavy atom. The number of rotatable bonds is 7. The van der Waals surface area contributed by atoms with Crippen LogP contribution in [0.15, 0.2) is 37.0 Å². The van der Waals surface area contributed by atoms with E-state index in [4.69, 9.17) is 0 Å². The van der Waals surface area contributed by atoms with Crippen molar-refractivity contribution in [1.29, 1.82) is 0 Å². The summed E-state index contributed by atoms with van der Waals surface area (Å²) in [6, 6.07) is 0.327. The number of hydrogen-bond donors (Lipinski definition) is 1. The van der Waals surface area contributed by atoms with Crippen LogP contribution in [0, 0.1) is 0 Å². The van der Waals surface area contributed by atoms with Crippen molar-refractivity contribution in [3.8, 4) is 0 Å². The summed E-state index contributed by atoms with van der Waals surface area (Å²) in [5, 5.41) is 2.83. The maximum Gasteiger partial charge on any atom is 0.207 e. The summed E-state index contributed by atoms with van der Waals surface area (Å²) in [6.45, 7) is 10.5. The van der Waals surface area contributed by atoms with E-state index in [0.29, 0.717) is 6.04 Å². The molecule has 1 unspecified atom stereocenters. The van der Waals surface area contributed by atoms with Gasteiger partial charge < -0.3 is 10.2 Å². The molecule has 1 amide bonds. The van der Waals surface area contributed by atoms with Gasteiger partial charge in [-0.15, -0.1) is 0 Å². The lowest BCUT2D eigenvalue weighted by atomic mass is 10.1. The molecule has 1 aliphatic rings. The zero-order chi connectivity index (χ0) is 11.8. The van der Waals surface area contributed by atoms with Gasteiger partial charge in [0, 0.05) is 25.7 Å². The van der Waals surface area contributed by atoms with E-state index >= 15 is 0 Å². The molecule has 16 heavy (non-hydrogen) atoms. The van der Waals surface area contributed by atoms with E-state index in [9.17, 15) is 4.79 Å². The topological polar surface area (TPSA) is 32.3 Å². The molecule has 1 heterocycles. The fourth-order valence-corrected chi connectivity index (χ4v) is 1.96. The summed E-state index contributed by atoms with van der Waals surface area (Å²) in [7, 11) is 0. The van der Waals surface area contributed by atoms with Gasteiger partial charge in [0.15, 0.2) is 0 Å². The van der Waals surface area contributed by atoms with Gasteiger partial charge in [-0.05, 0) is 18.4 Å². The Kier molecular flexibility index (Phi) is 5.57. The van der Waals surface area contributed by atoms with Gasteiger partial charge in [0.2, 0.25) is 6.41 Å². The number of likely N-dealkylation sites (tertiary alicyclic amines) is 1. The van der Waals surface area contributed by atoms with E-state index < -0.39 is 0 Å². The number of nitrogens with one attached hydrogen (secondary N) is 1. The van der Waals surface area contributed by atoms with Gasteiger partial charge in [-0.2, -0.15) is 0 Å². The van der Waals surface area contributed by atoms with Crippen LogP contribution in [0.1, 0.15) is 12.8 Å². The predicted molar refractivity (Wildman–Crippen MR) is 67.1 cm³/mol. The Labute approximate surface area is 97.5 Å². The molecule has 1 aliphatic heterocycles. The van der Waals surface area contributed by atoms with E-state index in [-0.39, 0.29) is 0 Å². The molecule has 0 spiro atoms. The average molecular weight is 220 g/mol. The van der Waals surface area contributed by atoms with Gasteiger partial charge in [-0.1, -0.05) is 31.4 Å². The minimum absolute atomic E-state index is 0.327. The van der Waals surface area contributed by atoms with Gasteiger partial charge in [0.1, 0.15) is 0 Å². The molecule has 1 fully saturated rings. The lowest BCUT2D eigenvalue weighted by Crippen LogP contribution is -2.31. The standard InChI is InChI=1S/C13H20N2O/c1-3-5-12(4-2)6-8-15-9-7-13(10-15)14-11-16/h3-5,11,13H,1-2,6-10H2,(H,14,16)/b12-5+. The third-order valence-corrected chi connectivity index (χ3v) is 2.89. The van der Waals surface area contributed by atoms with E-state index in [0.717, 1.165) is 38.9 Å². The molecular formula is C13H20N2O. The smallest absolute Gasteiger partial charge is 0.207 e. The molecule has 0 aliphatic carbocycles. The highest BCUT2D eigenvalue weighted by molar-refractivity contribution is 5.46. The van der Waals surface area contributed by atoms with Crippen LogP contribution in [0.5, 0.6) is 0 Å². The molecule has 0 bridgehead atoms. The van der Waals surface area contributed by atoms with Crippen LogP contribution in [0.3, 0.4) is 0 Å². The second-order valence-corrected chi connectivity index (χ2v) is 4.00. The molecule has 0 radical (unpaired) electrons. The van der Waals surface area contributed by atoms with Crippen LogP contribution in [0.2, 0.25) is 0 Å². The quantitative estimate of drug-likeness (QED) is 0.521. The van der Waals surface area contributed by atoms with Crippen molar-refractivity contribution in [1.82, 2.24) is 10.2 Å². The van der Waals surface area contributed by atoms with Crippen LogP contribution in [0.25, 0.3) is 0 Å². The molecule has 0 aromatic carbocycles. The normalized spacial score (nSPS) is 21.8. The first-order valence-electron chi connectivity index (χ1n) is 5.66. The van der Waals surface area contributed by atoms with Gasteiger partial charge in [0.05, 0.1) is 0 Å². The zero-order valence-corrected chi connectivity index (χ0v) is 9.69. The lowest BCUT2D eigenvalue weighted by molar-refractivity contribution is -0.110. The van der Waals surface area contributed by atoms with Crippen LogP contribution in [-0.2, 0) is 4.79 Å². The number of allylic oxidation sites excluding steroid dienone is 3. The highest BCUT2D eigenvalue weighted by atomic mass is 16.1. The van der Waals surface area contributed by atoms with Crippen molar-refractivity contribution in [2.45, 2.75) is 18.9 Å². The summed E-state index contributed by atoms with van der Waals surface area (Å²) >= 11 is 0. The largest absolute Gasteiger partial charge is 0.355 e. The second-order valence-electron chi connectivity index (χ2n) is 4.00. The van der Waals surface area contributed by atoms with Crippen LogP contribution < -0.4 is 5.32 Å². The Hall–Kier alpha value is -1.35. The van der Waals surface area contributed by atoms with Crippen molar-refractivity contribution in [3.05, 3.63) is 37.0 Å². The van der Waals surface area contributed by atoms with Crippen LogP contribution >= 0.6 is 0 Å². The zero-order valence-electron chi connectivity index (χ0n) is 9.69. The van der Waals surface area contributed by atoms with E-state index in [1.54, 1.807) is 6.08 Å². The highest BCUT2D eigenvalue weighted by Gasteiger charge is 2.20. The Morgan fingerprint density at radius 3 is 2.94 bits per heavy atom. The fourth-order valence-electron chi connectivity index (χ4n) is 1.96. The molecule has 1 N–H and O–H groups in total. The van der Waals surface area contributed by atoms with Crippen molar-refractivity contribution < 1.29 is 4.79 Å². The van der Waals surface area contributed by atoms with Crippen molar-refractivity contribution >= 4 is 6.41 Å². The Balaban J connectivity index is 2.29. The summed E-state index contributed by atoms with van der Waals surface area (Å²) in [5.41, 5.74) is 1.21. The average Bonchev–Trinajstić information content (AvgIpc) is 2.72. The molecule has 0 aromatic rings. The van der Waals surface area contributed by atoms with Crippen LogP contribution in [0.4, 0.5) is 0 Å². The monoisotopic (exact) mass is 220 g/mol. The van der Waals surface area contributed by atoms with Gasteiger partial charge in [-0.25, -0.2) is 0 Å². The molecule has 88 valence electrons. The molecule has 0 saturated carbocycles. The molecule has 1 saturated heterocycles. The first-order valence-corrected chi connectivity index (χ1v) is 5.66. The minimum atomic E-state index is 0.327. The summed E-state index contributed by atoms with van der Waals surface area (Å²) in [5.74, 6) is 0. The number of hydrogen-bond acceptors (Lipinski definition) is 2. The Morgan fingerprint density at radius 1 is 1.50 bits per heavy atom. The van der Waals surface area contributed by atoms with Gasteiger partial charge in [0.25, 0.3) is 0 Å². The summed E-state index contributed by atoms with van der Waals surface area (Å²) in [4.78, 5) is 12.7. The van der Waals surface area contributed by atoms with Crippen LogP contribution in [-0.4, -0.2) is 37.0 Å². The maximum atomic E-state index is 10.3. The van der Waals surface area contributed by atoms with Gasteiger partial charge >= 0.3 is 0 Å². The molecular weight excluding hydrogens is 200 g/mol. The third kappa shape index (κ3) is 4.03.